The lowest BCUT2D eigenvalue weighted by Gasteiger charge is -2.20. The van der Waals surface area contributed by atoms with Gasteiger partial charge in [-0.1, -0.05) is 56.2 Å². The molecular weight excluding hydrogens is 607 g/mol. The van der Waals surface area contributed by atoms with Crippen molar-refractivity contribution in [2.45, 2.75) is 38.7 Å². The number of unbranched alkanes of at least 4 members (excludes halogenated alkanes) is 2. The molecule has 5 rings (SSSR count). The quantitative estimate of drug-likeness (QED) is 0.113. The molecule has 0 spiro atoms. The summed E-state index contributed by atoms with van der Waals surface area (Å²) in [6.07, 6.45) is -0.245. The summed E-state index contributed by atoms with van der Waals surface area (Å²) in [5.41, 5.74) is -1.01. The smallest absolute Gasteiger partial charge is 0.429 e. The van der Waals surface area contributed by atoms with E-state index in [1.54, 1.807) is 12.1 Å². The largest absolute Gasteiger partial charge is 0.432 e. The van der Waals surface area contributed by atoms with E-state index in [1.165, 1.54) is 29.8 Å². The summed E-state index contributed by atoms with van der Waals surface area (Å²) < 4.78 is 110. The highest BCUT2D eigenvalue weighted by molar-refractivity contribution is 5.75. The summed E-state index contributed by atoms with van der Waals surface area (Å²) in [4.78, 5) is 0. The third-order valence-corrected chi connectivity index (χ3v) is 7.53. The number of hydrogen-bond acceptors (Lipinski definition) is 2. The zero-order chi connectivity index (χ0) is 33.0. The predicted molar refractivity (Wildman–Crippen MR) is 161 cm³/mol. The number of nitrogens with zero attached hydrogens (tertiary/aromatic N) is 1. The highest BCUT2D eigenvalue weighted by atomic mass is 19.3. The van der Waals surface area contributed by atoms with E-state index in [9.17, 15) is 17.6 Å². The molecule has 0 aliphatic heterocycles. The Morgan fingerprint density at radius 3 is 1.76 bits per heavy atom. The number of halogens is 7. The highest BCUT2D eigenvalue weighted by Crippen LogP contribution is 2.39. The first-order valence-corrected chi connectivity index (χ1v) is 14.5. The molecule has 0 saturated heterocycles. The van der Waals surface area contributed by atoms with Crippen LogP contribution in [0.15, 0.2) is 91.0 Å². The van der Waals surface area contributed by atoms with Gasteiger partial charge in [-0.3, -0.25) is 0 Å². The second-order valence-corrected chi connectivity index (χ2v) is 10.7. The van der Waals surface area contributed by atoms with E-state index in [1.807, 2.05) is 24.3 Å². The first kappa shape index (κ1) is 32.3. The van der Waals surface area contributed by atoms with Crippen LogP contribution < -0.4 is 4.74 Å². The number of rotatable bonds is 10. The maximum Gasteiger partial charge on any atom is 0.432 e. The molecule has 0 aliphatic rings. The Morgan fingerprint density at radius 1 is 0.630 bits per heavy atom. The molecule has 5 aromatic carbocycles. The molecule has 0 aliphatic carbocycles. The van der Waals surface area contributed by atoms with Gasteiger partial charge in [0.2, 0.25) is 0 Å². The molecule has 0 fully saturated rings. The molecule has 0 radical (unpaired) electrons. The second-order valence-electron chi connectivity index (χ2n) is 10.7. The van der Waals surface area contributed by atoms with Crippen LogP contribution in [0.4, 0.5) is 30.7 Å². The molecule has 0 aromatic heterocycles. The van der Waals surface area contributed by atoms with Crippen LogP contribution >= 0.6 is 0 Å². The van der Waals surface area contributed by atoms with E-state index in [2.05, 4.69) is 11.7 Å². The Labute approximate surface area is 261 Å². The van der Waals surface area contributed by atoms with Gasteiger partial charge in [0.05, 0.1) is 17.2 Å². The van der Waals surface area contributed by atoms with Crippen LogP contribution in [0.2, 0.25) is 0 Å². The third-order valence-electron chi connectivity index (χ3n) is 7.53. The zero-order valence-corrected chi connectivity index (χ0v) is 24.5. The molecular formula is C37H26F7NO. The normalized spacial score (nSPS) is 11.4. The molecule has 0 N–H and O–H groups in total. The summed E-state index contributed by atoms with van der Waals surface area (Å²) in [6, 6.07) is 20.4. The topological polar surface area (TPSA) is 33.0 Å². The van der Waals surface area contributed by atoms with Gasteiger partial charge in [0.1, 0.15) is 40.4 Å². The van der Waals surface area contributed by atoms with Crippen LogP contribution in [0.3, 0.4) is 0 Å². The van der Waals surface area contributed by atoms with E-state index in [0.29, 0.717) is 17.7 Å². The van der Waals surface area contributed by atoms with Crippen LogP contribution in [0.1, 0.15) is 42.9 Å². The van der Waals surface area contributed by atoms with Gasteiger partial charge in [0.25, 0.3) is 0 Å². The molecule has 0 bridgehead atoms. The van der Waals surface area contributed by atoms with Gasteiger partial charge < -0.3 is 4.74 Å². The minimum atomic E-state index is -4.51. The number of benzene rings is 5. The molecule has 0 saturated carbocycles. The number of nitriles is 1. The maximum atomic E-state index is 15.3. The molecule has 46 heavy (non-hydrogen) atoms. The van der Waals surface area contributed by atoms with E-state index in [-0.39, 0.29) is 16.7 Å². The van der Waals surface area contributed by atoms with Crippen LogP contribution in [0.25, 0.3) is 33.4 Å². The molecule has 5 aromatic rings. The SMILES string of the molecule is CCCCCc1ccc(-c2ccc(-c3cc(F)c(-c4cc(F)c(C(F)(F)Oc5ccc(C#N)cc5)c(F)c4)c(F)c3)c(F)c2)cc1. The Bertz CT molecular complexity index is 1870. The summed E-state index contributed by atoms with van der Waals surface area (Å²) in [5, 5.41) is 8.83. The van der Waals surface area contributed by atoms with Crippen molar-refractivity contribution in [3.63, 3.8) is 0 Å². The molecule has 0 unspecified atom stereocenters. The van der Waals surface area contributed by atoms with Gasteiger partial charge in [-0.25, -0.2) is 22.0 Å². The van der Waals surface area contributed by atoms with Crippen molar-refractivity contribution in [2.75, 3.05) is 0 Å². The molecule has 0 heterocycles. The maximum absolute atomic E-state index is 15.3. The van der Waals surface area contributed by atoms with Crippen LogP contribution in [-0.4, -0.2) is 0 Å². The molecule has 0 atom stereocenters. The fraction of sp³-hybridized carbons (Fsp3) is 0.162. The molecule has 0 amide bonds. The average molecular weight is 634 g/mol. The van der Waals surface area contributed by atoms with Crippen molar-refractivity contribution >= 4 is 0 Å². The van der Waals surface area contributed by atoms with Crippen molar-refractivity contribution in [3.05, 3.63) is 137 Å². The monoisotopic (exact) mass is 633 g/mol. The Kier molecular flexibility index (Phi) is 9.47. The molecule has 2 nitrogen and oxygen atoms in total. The second kappa shape index (κ2) is 13.5. The minimum absolute atomic E-state index is 0.114. The lowest BCUT2D eigenvalue weighted by Crippen LogP contribution is -2.25. The van der Waals surface area contributed by atoms with Gasteiger partial charge in [0, 0.05) is 5.56 Å². The summed E-state index contributed by atoms with van der Waals surface area (Å²) >= 11 is 0. The summed E-state index contributed by atoms with van der Waals surface area (Å²) in [7, 11) is 0. The van der Waals surface area contributed by atoms with Gasteiger partial charge in [0.15, 0.2) is 0 Å². The van der Waals surface area contributed by atoms with Crippen molar-refractivity contribution in [1.82, 2.24) is 0 Å². The third kappa shape index (κ3) is 6.91. The molecule has 9 heteroatoms. The number of hydrogen-bond donors (Lipinski definition) is 0. The van der Waals surface area contributed by atoms with Crippen LogP contribution in [-0.2, 0) is 12.5 Å². The van der Waals surface area contributed by atoms with E-state index >= 15 is 13.2 Å². The highest BCUT2D eigenvalue weighted by Gasteiger charge is 2.41. The van der Waals surface area contributed by atoms with Crippen LogP contribution in [0, 0.1) is 40.4 Å². The van der Waals surface area contributed by atoms with Crippen molar-refractivity contribution in [2.24, 2.45) is 0 Å². The van der Waals surface area contributed by atoms with Crippen molar-refractivity contribution in [3.8, 4) is 45.2 Å². The Hall–Kier alpha value is -5.10. The minimum Gasteiger partial charge on any atom is -0.429 e. The van der Waals surface area contributed by atoms with Gasteiger partial charge in [-0.15, -0.1) is 0 Å². The Morgan fingerprint density at radius 2 is 1.20 bits per heavy atom. The fourth-order valence-corrected chi connectivity index (χ4v) is 5.17. The van der Waals surface area contributed by atoms with E-state index < -0.39 is 57.6 Å². The van der Waals surface area contributed by atoms with Gasteiger partial charge in [-0.2, -0.15) is 14.0 Å². The Balaban J connectivity index is 1.40. The van der Waals surface area contributed by atoms with Gasteiger partial charge >= 0.3 is 6.11 Å². The average Bonchev–Trinajstić information content (AvgIpc) is 3.01. The predicted octanol–water partition coefficient (Wildman–Crippen LogP) is 11.1. The number of ether oxygens (including phenoxy) is 1. The first-order chi connectivity index (χ1) is 22.0. The molecule has 234 valence electrons. The van der Waals surface area contributed by atoms with E-state index in [4.69, 9.17) is 5.26 Å². The van der Waals surface area contributed by atoms with E-state index in [0.717, 1.165) is 55.5 Å². The summed E-state index contributed by atoms with van der Waals surface area (Å²) in [5.74, 6) is -7.43. The zero-order valence-electron chi connectivity index (χ0n) is 24.5. The lowest BCUT2D eigenvalue weighted by atomic mass is 9.95. The standard InChI is InChI=1S/C37H26F7NO/c1-2-3-4-5-22-6-10-24(11-7-22)25-12-15-29(30(38)16-25)26-17-31(39)35(32(40)18-26)27-19-33(41)36(34(42)20-27)37(43,44)46-28-13-8-23(21-45)9-14-28/h6-20H,2-5H2,1H3. The summed E-state index contributed by atoms with van der Waals surface area (Å²) in [6.45, 7) is 2.13. The van der Waals surface area contributed by atoms with Crippen molar-refractivity contribution in [1.29, 1.82) is 5.26 Å². The number of alkyl halides is 2. The first-order valence-electron chi connectivity index (χ1n) is 14.5. The number of aryl methyl sites for hydroxylation is 1. The van der Waals surface area contributed by atoms with Crippen molar-refractivity contribution < 1.29 is 35.5 Å². The van der Waals surface area contributed by atoms with Gasteiger partial charge in [-0.05, 0) is 95.3 Å². The fourth-order valence-electron chi connectivity index (χ4n) is 5.17. The lowest BCUT2D eigenvalue weighted by molar-refractivity contribution is -0.189. The van der Waals surface area contributed by atoms with Crippen LogP contribution in [0.5, 0.6) is 5.75 Å².